The first-order chi connectivity index (χ1) is 8.20. The molecule has 5 nitrogen and oxygen atoms in total. The number of nitrogens with one attached hydrogen (secondary N) is 2. The number of nitrogens with zero attached hydrogens (tertiary/aromatic N) is 1. The third-order valence-corrected chi connectivity index (χ3v) is 2.42. The van der Waals surface area contributed by atoms with Crippen LogP contribution in [-0.2, 0) is 4.74 Å². The van der Waals surface area contributed by atoms with E-state index in [4.69, 9.17) is 0 Å². The zero-order valence-corrected chi connectivity index (χ0v) is 9.24. The van der Waals surface area contributed by atoms with Crippen LogP contribution < -0.4 is 10.6 Å². The number of methoxy groups -OCH3 is 1. The van der Waals surface area contributed by atoms with Gasteiger partial charge in [-0.15, -0.1) is 0 Å². The maximum Gasteiger partial charge on any atom is 0.413 e. The predicted molar refractivity (Wildman–Crippen MR) is 60.1 cm³/mol. The Labute approximate surface area is 97.7 Å². The first-order valence-corrected chi connectivity index (χ1v) is 5.12. The van der Waals surface area contributed by atoms with Gasteiger partial charge in [0.15, 0.2) is 0 Å². The molecule has 0 aromatic heterocycles. The number of carbonyl (C=O) groups excluding carboxylic acids is 1. The van der Waals surface area contributed by atoms with E-state index in [0.29, 0.717) is 18.1 Å². The summed E-state index contributed by atoms with van der Waals surface area (Å²) in [5.41, 5.74) is 0.502. The van der Waals surface area contributed by atoms with Gasteiger partial charge >= 0.3 is 6.09 Å². The number of alkyl carbamates (subject to hydrolysis) is 1. The Morgan fingerprint density at radius 3 is 3.06 bits per heavy atom. The summed E-state index contributed by atoms with van der Waals surface area (Å²) in [4.78, 5) is 15.1. The van der Waals surface area contributed by atoms with Gasteiger partial charge in [0.2, 0.25) is 5.96 Å². The van der Waals surface area contributed by atoms with Crippen LogP contribution in [0.15, 0.2) is 29.3 Å². The van der Waals surface area contributed by atoms with Crippen LogP contribution >= 0.6 is 0 Å². The molecule has 0 aliphatic carbocycles. The summed E-state index contributed by atoms with van der Waals surface area (Å²) in [5.74, 6) is -0.00697. The Kier molecular flexibility index (Phi) is 3.22. The number of rotatable bonds is 1. The summed E-state index contributed by atoms with van der Waals surface area (Å²) >= 11 is 0. The molecule has 0 fully saturated rings. The fourth-order valence-corrected chi connectivity index (χ4v) is 1.59. The SMILES string of the molecule is COC(=O)NC1=NC(c2ccccc2F)CN1. The van der Waals surface area contributed by atoms with Gasteiger partial charge in [-0.2, -0.15) is 0 Å². The molecule has 1 unspecified atom stereocenters. The molecule has 1 aliphatic heterocycles. The van der Waals surface area contributed by atoms with Crippen molar-refractivity contribution in [1.29, 1.82) is 0 Å². The van der Waals surface area contributed by atoms with E-state index in [1.165, 1.54) is 13.2 Å². The molecule has 0 bridgehead atoms. The topological polar surface area (TPSA) is 62.7 Å². The predicted octanol–water partition coefficient (Wildman–Crippen LogP) is 1.18. The van der Waals surface area contributed by atoms with Crippen molar-refractivity contribution in [3.8, 4) is 0 Å². The smallest absolute Gasteiger partial charge is 0.413 e. The second kappa shape index (κ2) is 4.82. The molecule has 0 saturated carbocycles. The van der Waals surface area contributed by atoms with Crippen molar-refractivity contribution in [3.05, 3.63) is 35.6 Å². The van der Waals surface area contributed by atoms with Crippen LogP contribution in [0.25, 0.3) is 0 Å². The minimum absolute atomic E-state index is 0.296. The number of halogens is 1. The van der Waals surface area contributed by atoms with Crippen LogP contribution in [0.2, 0.25) is 0 Å². The van der Waals surface area contributed by atoms with Crippen molar-refractivity contribution in [2.45, 2.75) is 6.04 Å². The molecule has 1 aromatic carbocycles. The van der Waals surface area contributed by atoms with E-state index < -0.39 is 6.09 Å². The zero-order valence-electron chi connectivity index (χ0n) is 9.24. The van der Waals surface area contributed by atoms with Gasteiger partial charge < -0.3 is 10.1 Å². The fraction of sp³-hybridized carbons (Fsp3) is 0.273. The number of aliphatic imine (C=N–C) groups is 1. The van der Waals surface area contributed by atoms with Crippen molar-refractivity contribution >= 4 is 12.1 Å². The molecule has 0 saturated heterocycles. The van der Waals surface area contributed by atoms with Gasteiger partial charge in [-0.1, -0.05) is 18.2 Å². The number of hydrogen-bond acceptors (Lipinski definition) is 4. The molecule has 2 rings (SSSR count). The van der Waals surface area contributed by atoms with E-state index in [1.54, 1.807) is 18.2 Å². The number of carbonyl (C=O) groups is 1. The van der Waals surface area contributed by atoms with Crippen molar-refractivity contribution in [2.75, 3.05) is 13.7 Å². The summed E-state index contributed by atoms with van der Waals surface area (Å²) in [7, 11) is 1.26. The quantitative estimate of drug-likeness (QED) is 0.771. The van der Waals surface area contributed by atoms with Crippen molar-refractivity contribution in [2.24, 2.45) is 4.99 Å². The van der Waals surface area contributed by atoms with E-state index in [9.17, 15) is 9.18 Å². The largest absolute Gasteiger partial charge is 0.453 e. The van der Waals surface area contributed by atoms with Crippen LogP contribution in [0.4, 0.5) is 9.18 Å². The average molecular weight is 237 g/mol. The fourth-order valence-electron chi connectivity index (χ4n) is 1.59. The Morgan fingerprint density at radius 1 is 1.59 bits per heavy atom. The Balaban J connectivity index is 2.11. The summed E-state index contributed by atoms with van der Waals surface area (Å²) in [6.07, 6.45) is -0.606. The second-order valence-corrected chi connectivity index (χ2v) is 3.51. The summed E-state index contributed by atoms with van der Waals surface area (Å²) in [6, 6.07) is 6.10. The molecule has 0 radical (unpaired) electrons. The van der Waals surface area contributed by atoms with E-state index >= 15 is 0 Å². The van der Waals surface area contributed by atoms with Gasteiger partial charge in [0, 0.05) is 12.1 Å². The Bertz CT molecular complexity index is 462. The first kappa shape index (κ1) is 11.4. The van der Waals surface area contributed by atoms with E-state index in [2.05, 4.69) is 20.4 Å². The highest BCUT2D eigenvalue weighted by atomic mass is 19.1. The lowest BCUT2D eigenvalue weighted by molar-refractivity contribution is 0.176. The van der Waals surface area contributed by atoms with Gasteiger partial charge in [-0.25, -0.2) is 14.2 Å². The van der Waals surface area contributed by atoms with Crippen LogP contribution in [-0.4, -0.2) is 25.7 Å². The molecule has 1 aromatic rings. The minimum Gasteiger partial charge on any atom is -0.453 e. The second-order valence-electron chi connectivity index (χ2n) is 3.51. The van der Waals surface area contributed by atoms with Gasteiger partial charge in [0.1, 0.15) is 5.82 Å². The molecule has 1 aliphatic rings. The molecule has 2 N–H and O–H groups in total. The number of guanidine groups is 1. The zero-order chi connectivity index (χ0) is 12.3. The van der Waals surface area contributed by atoms with Crippen LogP contribution in [0.3, 0.4) is 0 Å². The van der Waals surface area contributed by atoms with Crippen LogP contribution in [0.1, 0.15) is 11.6 Å². The van der Waals surface area contributed by atoms with Gasteiger partial charge in [-0.05, 0) is 6.07 Å². The highest BCUT2D eigenvalue weighted by Crippen LogP contribution is 2.22. The lowest BCUT2D eigenvalue weighted by Crippen LogP contribution is -2.37. The lowest BCUT2D eigenvalue weighted by atomic mass is 10.1. The Hall–Kier alpha value is -2.11. The highest BCUT2D eigenvalue weighted by molar-refractivity contribution is 5.94. The number of amides is 1. The standard InChI is InChI=1S/C11H12FN3O2/c1-17-11(16)15-10-13-6-9(14-10)7-4-2-3-5-8(7)12/h2-5,9H,6H2,1H3,(H2,13,14,15,16). The first-order valence-electron chi connectivity index (χ1n) is 5.12. The van der Waals surface area contributed by atoms with E-state index in [1.807, 2.05) is 0 Å². The third kappa shape index (κ3) is 2.52. The summed E-state index contributed by atoms with van der Waals surface area (Å²) in [5, 5.41) is 5.27. The van der Waals surface area contributed by atoms with Gasteiger partial charge in [0.25, 0.3) is 0 Å². The van der Waals surface area contributed by atoms with Gasteiger partial charge in [-0.3, -0.25) is 5.32 Å². The number of benzene rings is 1. The maximum absolute atomic E-state index is 13.5. The van der Waals surface area contributed by atoms with Crippen molar-refractivity contribution in [1.82, 2.24) is 10.6 Å². The van der Waals surface area contributed by atoms with E-state index in [-0.39, 0.29) is 11.9 Å². The average Bonchev–Trinajstić information content (AvgIpc) is 2.78. The maximum atomic E-state index is 13.5. The molecule has 6 heteroatoms. The molecule has 0 spiro atoms. The Morgan fingerprint density at radius 2 is 2.35 bits per heavy atom. The molecule has 90 valence electrons. The molecular weight excluding hydrogens is 225 g/mol. The van der Waals surface area contributed by atoms with Crippen LogP contribution in [0, 0.1) is 5.82 Å². The molecule has 17 heavy (non-hydrogen) atoms. The normalized spacial score (nSPS) is 18.2. The number of ether oxygens (including phenoxy) is 1. The molecule has 1 amide bonds. The monoisotopic (exact) mass is 237 g/mol. The van der Waals surface area contributed by atoms with E-state index in [0.717, 1.165) is 0 Å². The van der Waals surface area contributed by atoms with Crippen molar-refractivity contribution < 1.29 is 13.9 Å². The molecule has 1 heterocycles. The number of hydrogen-bond donors (Lipinski definition) is 2. The van der Waals surface area contributed by atoms with Gasteiger partial charge in [0.05, 0.1) is 13.2 Å². The third-order valence-electron chi connectivity index (χ3n) is 2.42. The highest BCUT2D eigenvalue weighted by Gasteiger charge is 2.22. The molecule has 1 atom stereocenters. The minimum atomic E-state index is -0.606. The van der Waals surface area contributed by atoms with Crippen LogP contribution in [0.5, 0.6) is 0 Å². The summed E-state index contributed by atoms with van der Waals surface area (Å²) < 4.78 is 17.9. The molecular formula is C11H12FN3O2. The van der Waals surface area contributed by atoms with Crippen molar-refractivity contribution in [3.63, 3.8) is 0 Å². The lowest BCUT2D eigenvalue weighted by Gasteiger charge is -2.06. The summed E-state index contributed by atoms with van der Waals surface area (Å²) in [6.45, 7) is 0.445.